The summed E-state index contributed by atoms with van der Waals surface area (Å²) in [6, 6.07) is 8.36. The van der Waals surface area contributed by atoms with Gasteiger partial charge >= 0.3 is 0 Å². The van der Waals surface area contributed by atoms with E-state index in [1.807, 2.05) is 6.07 Å². The summed E-state index contributed by atoms with van der Waals surface area (Å²) >= 11 is 0. The Morgan fingerprint density at radius 1 is 1.31 bits per heavy atom. The molecule has 3 heteroatoms. The molecule has 0 fully saturated rings. The molecule has 1 aromatic carbocycles. The molecule has 1 unspecified atom stereocenters. The van der Waals surface area contributed by atoms with Crippen LogP contribution in [-0.4, -0.2) is 13.2 Å². The molecule has 1 aliphatic rings. The number of halogens is 1. The normalized spacial score (nSPS) is 21.2. The molecule has 2 rings (SSSR count). The van der Waals surface area contributed by atoms with Gasteiger partial charge < -0.3 is 10.5 Å². The lowest BCUT2D eigenvalue weighted by Crippen LogP contribution is -2.15. The van der Waals surface area contributed by atoms with E-state index >= 15 is 0 Å². The first-order valence-electron chi connectivity index (χ1n) is 4.29. The SMILES string of the molecule is Cl.NC1COCCc2ccccc21. The van der Waals surface area contributed by atoms with Crippen LogP contribution in [0.4, 0.5) is 0 Å². The zero-order valence-electron chi connectivity index (χ0n) is 7.40. The van der Waals surface area contributed by atoms with Crippen molar-refractivity contribution in [3.05, 3.63) is 35.4 Å². The van der Waals surface area contributed by atoms with E-state index in [2.05, 4.69) is 18.2 Å². The average molecular weight is 200 g/mol. The number of hydrogen-bond donors (Lipinski definition) is 1. The highest BCUT2D eigenvalue weighted by atomic mass is 35.5. The molecule has 0 saturated heterocycles. The topological polar surface area (TPSA) is 35.2 Å². The predicted octanol–water partition coefficient (Wildman–Crippen LogP) is 1.68. The van der Waals surface area contributed by atoms with Crippen LogP contribution in [0, 0.1) is 0 Å². The van der Waals surface area contributed by atoms with Crippen LogP contribution in [0.1, 0.15) is 17.2 Å². The van der Waals surface area contributed by atoms with Crippen molar-refractivity contribution >= 4 is 12.4 Å². The zero-order valence-corrected chi connectivity index (χ0v) is 8.22. The Bertz CT molecular complexity index is 277. The van der Waals surface area contributed by atoms with Crippen molar-refractivity contribution in [2.75, 3.05) is 13.2 Å². The van der Waals surface area contributed by atoms with E-state index < -0.39 is 0 Å². The lowest BCUT2D eigenvalue weighted by Gasteiger charge is -2.10. The van der Waals surface area contributed by atoms with Gasteiger partial charge in [-0.1, -0.05) is 24.3 Å². The summed E-state index contributed by atoms with van der Waals surface area (Å²) in [5.41, 5.74) is 8.50. The van der Waals surface area contributed by atoms with Crippen molar-refractivity contribution in [2.24, 2.45) is 5.73 Å². The van der Waals surface area contributed by atoms with Gasteiger partial charge in [0, 0.05) is 0 Å². The number of benzene rings is 1. The molecule has 0 bridgehead atoms. The fourth-order valence-corrected chi connectivity index (χ4v) is 1.61. The summed E-state index contributed by atoms with van der Waals surface area (Å²) in [6.07, 6.45) is 0.990. The second-order valence-electron chi connectivity index (χ2n) is 3.13. The van der Waals surface area contributed by atoms with Crippen molar-refractivity contribution in [2.45, 2.75) is 12.5 Å². The van der Waals surface area contributed by atoms with Crippen LogP contribution in [0.15, 0.2) is 24.3 Å². The maximum atomic E-state index is 5.92. The van der Waals surface area contributed by atoms with Crippen LogP contribution in [0.2, 0.25) is 0 Å². The zero-order chi connectivity index (χ0) is 8.39. The van der Waals surface area contributed by atoms with Crippen molar-refractivity contribution < 1.29 is 4.74 Å². The predicted molar refractivity (Wildman–Crippen MR) is 55.1 cm³/mol. The Kier molecular flexibility index (Phi) is 3.72. The number of fused-ring (bicyclic) bond motifs is 1. The largest absolute Gasteiger partial charge is 0.379 e. The Morgan fingerprint density at radius 2 is 2.08 bits per heavy atom. The number of rotatable bonds is 0. The quantitative estimate of drug-likeness (QED) is 0.690. The van der Waals surface area contributed by atoms with Crippen LogP contribution in [0.25, 0.3) is 0 Å². The van der Waals surface area contributed by atoms with E-state index in [0.717, 1.165) is 13.0 Å². The molecule has 1 atom stereocenters. The number of hydrogen-bond acceptors (Lipinski definition) is 2. The van der Waals surface area contributed by atoms with E-state index in [1.165, 1.54) is 11.1 Å². The molecule has 2 nitrogen and oxygen atoms in total. The van der Waals surface area contributed by atoms with Gasteiger partial charge in [-0.15, -0.1) is 12.4 Å². The first-order chi connectivity index (χ1) is 5.88. The van der Waals surface area contributed by atoms with Crippen molar-refractivity contribution in [3.63, 3.8) is 0 Å². The van der Waals surface area contributed by atoms with E-state index in [0.29, 0.717) is 6.61 Å². The summed E-state index contributed by atoms with van der Waals surface area (Å²) in [4.78, 5) is 0. The highest BCUT2D eigenvalue weighted by Crippen LogP contribution is 2.19. The maximum absolute atomic E-state index is 5.92. The molecule has 1 heterocycles. The van der Waals surface area contributed by atoms with E-state index in [9.17, 15) is 0 Å². The first-order valence-corrected chi connectivity index (χ1v) is 4.29. The highest BCUT2D eigenvalue weighted by Gasteiger charge is 2.13. The van der Waals surface area contributed by atoms with Gasteiger partial charge in [-0.25, -0.2) is 0 Å². The minimum Gasteiger partial charge on any atom is -0.379 e. The fourth-order valence-electron chi connectivity index (χ4n) is 1.61. The smallest absolute Gasteiger partial charge is 0.0659 e. The van der Waals surface area contributed by atoms with Gasteiger partial charge in [-0.2, -0.15) is 0 Å². The Hall–Kier alpha value is -0.570. The van der Waals surface area contributed by atoms with Crippen molar-refractivity contribution in [1.29, 1.82) is 0 Å². The molecule has 0 saturated carbocycles. The maximum Gasteiger partial charge on any atom is 0.0659 e. The molecular weight excluding hydrogens is 186 g/mol. The Labute approximate surface area is 84.5 Å². The first kappa shape index (κ1) is 10.5. The standard InChI is InChI=1S/C10H13NO.ClH/c11-10-7-12-6-5-8-3-1-2-4-9(8)10;/h1-4,10H,5-7,11H2;1H. The van der Waals surface area contributed by atoms with Gasteiger partial charge in [0.2, 0.25) is 0 Å². The third-order valence-corrected chi connectivity index (χ3v) is 2.27. The number of nitrogens with two attached hydrogens (primary N) is 1. The third kappa shape index (κ3) is 2.21. The van der Waals surface area contributed by atoms with Gasteiger partial charge in [-0.05, 0) is 17.5 Å². The van der Waals surface area contributed by atoms with Gasteiger partial charge in [0.15, 0.2) is 0 Å². The molecule has 0 aliphatic carbocycles. The van der Waals surface area contributed by atoms with Gasteiger partial charge in [-0.3, -0.25) is 0 Å². The molecule has 0 amide bonds. The highest BCUT2D eigenvalue weighted by molar-refractivity contribution is 5.85. The molecule has 2 N–H and O–H groups in total. The van der Waals surface area contributed by atoms with Crippen LogP contribution < -0.4 is 5.73 Å². The molecule has 0 spiro atoms. The summed E-state index contributed by atoms with van der Waals surface area (Å²) in [5, 5.41) is 0. The Balaban J connectivity index is 0.000000845. The van der Waals surface area contributed by atoms with Crippen LogP contribution in [0.5, 0.6) is 0 Å². The molecule has 1 aromatic rings. The molecule has 72 valence electrons. The second-order valence-corrected chi connectivity index (χ2v) is 3.13. The average Bonchev–Trinajstić information content (AvgIpc) is 2.29. The number of ether oxygens (including phenoxy) is 1. The van der Waals surface area contributed by atoms with Gasteiger partial charge in [0.25, 0.3) is 0 Å². The van der Waals surface area contributed by atoms with E-state index in [4.69, 9.17) is 10.5 Å². The van der Waals surface area contributed by atoms with Crippen molar-refractivity contribution in [3.8, 4) is 0 Å². The van der Waals surface area contributed by atoms with Crippen LogP contribution >= 0.6 is 12.4 Å². The lowest BCUT2D eigenvalue weighted by molar-refractivity contribution is 0.131. The molecule has 1 aliphatic heterocycles. The Morgan fingerprint density at radius 3 is 2.92 bits per heavy atom. The minimum atomic E-state index is 0. The van der Waals surface area contributed by atoms with Crippen LogP contribution in [0.3, 0.4) is 0 Å². The van der Waals surface area contributed by atoms with Crippen molar-refractivity contribution in [1.82, 2.24) is 0 Å². The third-order valence-electron chi connectivity index (χ3n) is 2.27. The molecule has 0 radical (unpaired) electrons. The molecule has 13 heavy (non-hydrogen) atoms. The monoisotopic (exact) mass is 199 g/mol. The molecular formula is C10H14ClNO. The van der Waals surface area contributed by atoms with Gasteiger partial charge in [0.1, 0.15) is 0 Å². The fraction of sp³-hybridized carbons (Fsp3) is 0.400. The minimum absolute atomic E-state index is 0. The lowest BCUT2D eigenvalue weighted by atomic mass is 10.0. The van der Waals surface area contributed by atoms with E-state index in [1.54, 1.807) is 0 Å². The second kappa shape index (κ2) is 4.61. The summed E-state index contributed by atoms with van der Waals surface area (Å²) in [5.74, 6) is 0. The summed E-state index contributed by atoms with van der Waals surface area (Å²) < 4.78 is 5.36. The molecule has 0 aromatic heterocycles. The van der Waals surface area contributed by atoms with E-state index in [-0.39, 0.29) is 18.4 Å². The summed E-state index contributed by atoms with van der Waals surface area (Å²) in [6.45, 7) is 1.45. The van der Waals surface area contributed by atoms with Crippen LogP contribution in [-0.2, 0) is 11.2 Å². The van der Waals surface area contributed by atoms with Gasteiger partial charge in [0.05, 0.1) is 19.3 Å². The summed E-state index contributed by atoms with van der Waals surface area (Å²) in [7, 11) is 0.